The predicted octanol–water partition coefficient (Wildman–Crippen LogP) is 3.44. The summed E-state index contributed by atoms with van der Waals surface area (Å²) in [7, 11) is 0. The molecule has 0 atom stereocenters. The largest absolute Gasteiger partial charge is 0.481 e. The zero-order valence-electron chi connectivity index (χ0n) is 12.9. The number of likely N-dealkylation sites (tertiary alicyclic amines) is 1. The van der Waals surface area contributed by atoms with Crippen molar-refractivity contribution in [1.82, 2.24) is 4.90 Å². The molecule has 23 heavy (non-hydrogen) atoms. The van der Waals surface area contributed by atoms with Crippen molar-refractivity contribution in [2.45, 2.75) is 24.8 Å². The summed E-state index contributed by atoms with van der Waals surface area (Å²) in [5, 5.41) is 9.76. The third-order valence-corrected chi connectivity index (χ3v) is 4.76. The fraction of sp³-hybridized carbons (Fsp3) is 0.316. The lowest BCUT2D eigenvalue weighted by atomic mass is 9.72. The summed E-state index contributed by atoms with van der Waals surface area (Å²) in [5.74, 6) is -1.35. The van der Waals surface area contributed by atoms with Crippen LogP contribution < -0.4 is 0 Å². The van der Waals surface area contributed by atoms with E-state index in [2.05, 4.69) is 17.0 Å². The van der Waals surface area contributed by atoms with Crippen molar-refractivity contribution in [3.63, 3.8) is 0 Å². The molecule has 120 valence electrons. The van der Waals surface area contributed by atoms with Crippen LogP contribution in [0.5, 0.6) is 0 Å². The average molecular weight is 313 g/mol. The molecule has 0 amide bonds. The molecule has 0 spiro atoms. The van der Waals surface area contributed by atoms with Gasteiger partial charge in [-0.2, -0.15) is 0 Å². The first kappa shape index (κ1) is 15.7. The number of carbonyl (C=O) groups is 1. The number of hydrogen-bond acceptors (Lipinski definition) is 2. The Hall–Kier alpha value is -2.20. The minimum absolute atomic E-state index is 0.312. The summed E-state index contributed by atoms with van der Waals surface area (Å²) < 4.78 is 14.1. The van der Waals surface area contributed by atoms with Crippen LogP contribution in [0.2, 0.25) is 0 Å². The van der Waals surface area contributed by atoms with Crippen LogP contribution in [0.3, 0.4) is 0 Å². The van der Waals surface area contributed by atoms with Crippen molar-refractivity contribution < 1.29 is 14.3 Å². The molecule has 1 fully saturated rings. The van der Waals surface area contributed by atoms with Crippen molar-refractivity contribution in [2.75, 3.05) is 13.1 Å². The Morgan fingerprint density at radius 1 is 1.04 bits per heavy atom. The fourth-order valence-corrected chi connectivity index (χ4v) is 3.38. The van der Waals surface area contributed by atoms with Gasteiger partial charge >= 0.3 is 5.97 Å². The second-order valence-corrected chi connectivity index (χ2v) is 6.13. The Morgan fingerprint density at radius 3 is 2.26 bits per heavy atom. The molecule has 4 heteroatoms. The number of carboxylic acids is 1. The number of rotatable bonds is 4. The van der Waals surface area contributed by atoms with E-state index in [0.717, 1.165) is 6.54 Å². The van der Waals surface area contributed by atoms with E-state index in [1.54, 1.807) is 18.2 Å². The molecule has 0 saturated carbocycles. The molecular weight excluding hydrogens is 293 g/mol. The monoisotopic (exact) mass is 313 g/mol. The minimum Gasteiger partial charge on any atom is -0.481 e. The van der Waals surface area contributed by atoms with E-state index < -0.39 is 17.2 Å². The zero-order chi connectivity index (χ0) is 16.3. The van der Waals surface area contributed by atoms with Crippen LogP contribution in [0.25, 0.3) is 0 Å². The molecular formula is C19H20FNO2. The van der Waals surface area contributed by atoms with E-state index in [-0.39, 0.29) is 0 Å². The van der Waals surface area contributed by atoms with Gasteiger partial charge in [0.1, 0.15) is 5.82 Å². The van der Waals surface area contributed by atoms with Crippen LogP contribution in [0, 0.1) is 5.82 Å². The second kappa shape index (κ2) is 6.50. The first-order valence-corrected chi connectivity index (χ1v) is 7.86. The van der Waals surface area contributed by atoms with E-state index in [4.69, 9.17) is 0 Å². The van der Waals surface area contributed by atoms with Crippen molar-refractivity contribution >= 4 is 5.97 Å². The molecule has 0 unspecified atom stereocenters. The van der Waals surface area contributed by atoms with Gasteiger partial charge in [0.25, 0.3) is 0 Å². The Labute approximate surface area is 135 Å². The number of nitrogens with zero attached hydrogens (tertiary/aromatic N) is 1. The molecule has 0 aromatic heterocycles. The fourth-order valence-electron chi connectivity index (χ4n) is 3.38. The number of hydrogen-bond donors (Lipinski definition) is 1. The maximum atomic E-state index is 14.1. The van der Waals surface area contributed by atoms with Gasteiger partial charge in [0.2, 0.25) is 0 Å². The number of carboxylic acid groups (broad SMARTS) is 1. The Kier molecular flexibility index (Phi) is 4.44. The van der Waals surface area contributed by atoms with Gasteiger partial charge < -0.3 is 5.11 Å². The van der Waals surface area contributed by atoms with Gasteiger partial charge in [-0.15, -0.1) is 0 Å². The molecule has 1 saturated heterocycles. The normalized spacial score (nSPS) is 17.8. The Bertz CT molecular complexity index is 679. The van der Waals surface area contributed by atoms with Crippen LogP contribution in [0.15, 0.2) is 54.6 Å². The van der Waals surface area contributed by atoms with Crippen LogP contribution in [-0.4, -0.2) is 29.1 Å². The Morgan fingerprint density at radius 2 is 1.65 bits per heavy atom. The molecule has 2 aromatic carbocycles. The maximum absolute atomic E-state index is 14.1. The van der Waals surface area contributed by atoms with Gasteiger partial charge in [-0.3, -0.25) is 9.69 Å². The summed E-state index contributed by atoms with van der Waals surface area (Å²) in [6, 6.07) is 16.4. The topological polar surface area (TPSA) is 40.5 Å². The lowest BCUT2D eigenvalue weighted by molar-refractivity contribution is -0.146. The van der Waals surface area contributed by atoms with Crippen molar-refractivity contribution in [2.24, 2.45) is 0 Å². The molecule has 3 nitrogen and oxygen atoms in total. The third-order valence-electron chi connectivity index (χ3n) is 4.76. The number of aliphatic carboxylic acids is 1. The molecule has 1 heterocycles. The van der Waals surface area contributed by atoms with Crippen LogP contribution in [-0.2, 0) is 16.8 Å². The second-order valence-electron chi connectivity index (χ2n) is 6.13. The molecule has 1 aliphatic rings. The standard InChI is InChI=1S/C19H20FNO2/c20-17-9-5-4-8-16(17)19(18(22)23)10-12-21(13-11-19)14-15-6-2-1-3-7-15/h1-9H,10-14H2,(H,22,23). The highest BCUT2D eigenvalue weighted by molar-refractivity contribution is 5.81. The van der Waals surface area contributed by atoms with Gasteiger partial charge in [0.05, 0.1) is 5.41 Å². The molecule has 1 N–H and O–H groups in total. The summed E-state index contributed by atoms with van der Waals surface area (Å²) >= 11 is 0. The van der Waals surface area contributed by atoms with Crippen LogP contribution in [0.4, 0.5) is 4.39 Å². The number of halogens is 1. The maximum Gasteiger partial charge on any atom is 0.314 e. The van der Waals surface area contributed by atoms with Gasteiger partial charge in [-0.25, -0.2) is 4.39 Å². The van der Waals surface area contributed by atoms with Crippen molar-refractivity contribution in [1.29, 1.82) is 0 Å². The van der Waals surface area contributed by atoms with E-state index in [0.29, 0.717) is 31.5 Å². The van der Waals surface area contributed by atoms with Crippen molar-refractivity contribution in [3.8, 4) is 0 Å². The average Bonchev–Trinajstić information content (AvgIpc) is 2.57. The van der Waals surface area contributed by atoms with Crippen LogP contribution >= 0.6 is 0 Å². The molecule has 3 rings (SSSR count). The molecule has 1 aliphatic heterocycles. The quantitative estimate of drug-likeness (QED) is 0.940. The SMILES string of the molecule is O=C(O)C1(c2ccccc2F)CCN(Cc2ccccc2)CC1. The van der Waals surface area contributed by atoms with Crippen LogP contribution in [0.1, 0.15) is 24.0 Å². The van der Waals surface area contributed by atoms with E-state index in [1.807, 2.05) is 18.2 Å². The lowest BCUT2D eigenvalue weighted by Crippen LogP contribution is -2.47. The molecule has 0 aliphatic carbocycles. The number of piperidine rings is 1. The number of benzene rings is 2. The summed E-state index contributed by atoms with van der Waals surface area (Å²) in [6.07, 6.45) is 0.853. The first-order chi connectivity index (χ1) is 11.1. The summed E-state index contributed by atoms with van der Waals surface area (Å²) in [5.41, 5.74) is 0.409. The van der Waals surface area contributed by atoms with Crippen molar-refractivity contribution in [3.05, 3.63) is 71.5 Å². The molecule has 0 radical (unpaired) electrons. The Balaban J connectivity index is 1.77. The molecule has 2 aromatic rings. The lowest BCUT2D eigenvalue weighted by Gasteiger charge is -2.39. The van der Waals surface area contributed by atoms with E-state index in [1.165, 1.54) is 11.6 Å². The van der Waals surface area contributed by atoms with E-state index in [9.17, 15) is 14.3 Å². The van der Waals surface area contributed by atoms with Gasteiger partial charge in [0, 0.05) is 12.1 Å². The molecule has 0 bridgehead atoms. The highest BCUT2D eigenvalue weighted by atomic mass is 19.1. The summed E-state index contributed by atoms with van der Waals surface area (Å²) in [6.45, 7) is 2.10. The summed E-state index contributed by atoms with van der Waals surface area (Å²) in [4.78, 5) is 14.1. The highest BCUT2D eigenvalue weighted by Gasteiger charge is 2.44. The first-order valence-electron chi connectivity index (χ1n) is 7.86. The predicted molar refractivity (Wildman–Crippen MR) is 86.7 cm³/mol. The van der Waals surface area contributed by atoms with Gasteiger partial charge in [-0.1, -0.05) is 48.5 Å². The highest BCUT2D eigenvalue weighted by Crippen LogP contribution is 2.37. The smallest absolute Gasteiger partial charge is 0.314 e. The van der Waals surface area contributed by atoms with Gasteiger partial charge in [-0.05, 0) is 37.6 Å². The third kappa shape index (κ3) is 3.13. The van der Waals surface area contributed by atoms with E-state index >= 15 is 0 Å². The van der Waals surface area contributed by atoms with Gasteiger partial charge in [0.15, 0.2) is 0 Å². The minimum atomic E-state index is -1.11. The zero-order valence-corrected chi connectivity index (χ0v) is 12.9.